The van der Waals surface area contributed by atoms with Gasteiger partial charge in [0.15, 0.2) is 0 Å². The van der Waals surface area contributed by atoms with Crippen LogP contribution in [0, 0.1) is 17.8 Å². The Morgan fingerprint density at radius 2 is 1.96 bits per heavy atom. The quantitative estimate of drug-likeness (QED) is 0.480. The van der Waals surface area contributed by atoms with Crippen LogP contribution in [0.3, 0.4) is 0 Å². The van der Waals surface area contributed by atoms with Crippen molar-refractivity contribution in [2.24, 2.45) is 17.8 Å². The molecule has 4 nitrogen and oxygen atoms in total. The zero-order chi connectivity index (χ0) is 19.0. The highest BCUT2D eigenvalue weighted by molar-refractivity contribution is 5.74. The predicted molar refractivity (Wildman–Crippen MR) is 108 cm³/mol. The Morgan fingerprint density at radius 3 is 2.75 bits per heavy atom. The maximum absolute atomic E-state index is 11.6. The zero-order valence-electron chi connectivity index (χ0n) is 16.5. The lowest BCUT2D eigenvalue weighted by atomic mass is 9.69. The lowest BCUT2D eigenvalue weighted by Gasteiger charge is -2.43. The molecular formula is C24H30N2O2. The van der Waals surface area contributed by atoms with Gasteiger partial charge < -0.3 is 10.4 Å². The van der Waals surface area contributed by atoms with Crippen molar-refractivity contribution in [3.8, 4) is 0 Å². The summed E-state index contributed by atoms with van der Waals surface area (Å²) >= 11 is 0. The van der Waals surface area contributed by atoms with Crippen LogP contribution in [0.5, 0.6) is 0 Å². The van der Waals surface area contributed by atoms with Crippen LogP contribution in [0.15, 0.2) is 36.4 Å². The van der Waals surface area contributed by atoms with Crippen molar-refractivity contribution in [2.45, 2.75) is 74.8 Å². The minimum Gasteiger partial charge on any atom is -0.373 e. The van der Waals surface area contributed by atoms with E-state index in [1.165, 1.54) is 37.7 Å². The Bertz CT molecular complexity index is 820. The summed E-state index contributed by atoms with van der Waals surface area (Å²) in [7, 11) is 0. The largest absolute Gasteiger partial charge is 0.373 e. The lowest BCUT2D eigenvalue weighted by Crippen LogP contribution is -2.55. The van der Waals surface area contributed by atoms with Crippen molar-refractivity contribution in [2.75, 3.05) is 0 Å². The van der Waals surface area contributed by atoms with E-state index >= 15 is 0 Å². The second-order valence-corrected chi connectivity index (χ2v) is 9.83. The van der Waals surface area contributed by atoms with Crippen LogP contribution in [0.25, 0.3) is 0 Å². The third kappa shape index (κ3) is 2.20. The van der Waals surface area contributed by atoms with E-state index in [0.29, 0.717) is 35.9 Å². The molecule has 148 valence electrons. The van der Waals surface area contributed by atoms with Gasteiger partial charge in [-0.25, -0.2) is 0 Å². The van der Waals surface area contributed by atoms with Crippen LogP contribution in [0.1, 0.15) is 60.9 Å². The van der Waals surface area contributed by atoms with Gasteiger partial charge in [0.2, 0.25) is 0 Å². The van der Waals surface area contributed by atoms with Gasteiger partial charge in [0.05, 0.1) is 6.04 Å². The smallest absolute Gasteiger partial charge is 0.150 e. The standard InChI is InChI=1S/C24H30N2O2/c1-14(16-7-5-15(13-27)6-8-16)23-18-10-12-21-24(28,26(21)23)22(18)20-11-9-17-3-2-4-19(17)25-20/h5-8,10,12-14,17-23,25,28H,2-4,9,11H2,1H3. The molecule has 4 heterocycles. The summed E-state index contributed by atoms with van der Waals surface area (Å²) in [6.07, 6.45) is 12.1. The lowest BCUT2D eigenvalue weighted by molar-refractivity contribution is 0.0203. The van der Waals surface area contributed by atoms with Crippen LogP contribution >= 0.6 is 0 Å². The fraction of sp³-hybridized carbons (Fsp3) is 0.625. The summed E-state index contributed by atoms with van der Waals surface area (Å²) in [4.78, 5) is 13.4. The van der Waals surface area contributed by atoms with Crippen LogP contribution in [0.4, 0.5) is 0 Å². The highest BCUT2D eigenvalue weighted by atomic mass is 16.3. The molecule has 10 unspecified atom stereocenters. The highest BCUT2D eigenvalue weighted by Crippen LogP contribution is 2.65. The molecule has 0 aromatic heterocycles. The topological polar surface area (TPSA) is 52.3 Å². The van der Waals surface area contributed by atoms with Crippen molar-refractivity contribution < 1.29 is 9.90 Å². The van der Waals surface area contributed by atoms with E-state index in [0.717, 1.165) is 17.8 Å². The Kier molecular flexibility index (Phi) is 3.73. The predicted octanol–water partition coefficient (Wildman–Crippen LogP) is 3.08. The van der Waals surface area contributed by atoms with Gasteiger partial charge in [-0.05, 0) is 43.1 Å². The molecule has 0 radical (unpaired) electrons. The van der Waals surface area contributed by atoms with Gasteiger partial charge in [0.25, 0.3) is 0 Å². The van der Waals surface area contributed by atoms with Gasteiger partial charge in [0.1, 0.15) is 12.0 Å². The summed E-state index contributed by atoms with van der Waals surface area (Å²) in [5.41, 5.74) is 1.34. The molecular weight excluding hydrogens is 348 g/mol. The SMILES string of the molecule is CC(c1ccc(C=O)cc1)C1C2C=CC3N1C3(O)C2C1CCC2CCCC2N1. The van der Waals surface area contributed by atoms with E-state index in [9.17, 15) is 9.90 Å². The number of fused-ring (bicyclic) bond motifs is 1. The second-order valence-electron chi connectivity index (χ2n) is 9.83. The maximum Gasteiger partial charge on any atom is 0.150 e. The molecule has 0 amide bonds. The minimum atomic E-state index is -0.649. The summed E-state index contributed by atoms with van der Waals surface area (Å²) in [5.74, 6) is 1.89. The van der Waals surface area contributed by atoms with Gasteiger partial charge in [-0.2, -0.15) is 0 Å². The van der Waals surface area contributed by atoms with E-state index in [-0.39, 0.29) is 6.04 Å². The van der Waals surface area contributed by atoms with Gasteiger partial charge >= 0.3 is 0 Å². The number of carbonyl (C=O) groups is 1. The molecule has 4 heteroatoms. The van der Waals surface area contributed by atoms with Crippen molar-refractivity contribution in [3.63, 3.8) is 0 Å². The molecule has 1 saturated carbocycles. The Balaban J connectivity index is 1.28. The number of nitrogens with zero attached hydrogens (tertiary/aromatic N) is 1. The van der Waals surface area contributed by atoms with Crippen LogP contribution < -0.4 is 5.32 Å². The van der Waals surface area contributed by atoms with Crippen molar-refractivity contribution >= 4 is 6.29 Å². The number of nitrogens with one attached hydrogen (secondary N) is 1. The number of benzene rings is 1. The average Bonchev–Trinajstić information content (AvgIpc) is 3.03. The number of hydrogen-bond donors (Lipinski definition) is 2. The number of aldehydes is 1. The summed E-state index contributed by atoms with van der Waals surface area (Å²) in [6, 6.07) is 9.63. The minimum absolute atomic E-state index is 0.187. The molecule has 2 N–H and O–H groups in total. The van der Waals surface area contributed by atoms with Crippen LogP contribution in [0.2, 0.25) is 0 Å². The first-order chi connectivity index (χ1) is 13.6. The fourth-order valence-electron chi connectivity index (χ4n) is 7.37. The summed E-state index contributed by atoms with van der Waals surface area (Å²) < 4.78 is 0. The van der Waals surface area contributed by atoms with Gasteiger partial charge in [-0.3, -0.25) is 9.69 Å². The first-order valence-corrected chi connectivity index (χ1v) is 11.1. The Morgan fingerprint density at radius 1 is 1.14 bits per heavy atom. The Labute approximate surface area is 167 Å². The summed E-state index contributed by atoms with van der Waals surface area (Å²) in [6.45, 7) is 2.28. The molecule has 1 aromatic rings. The molecule has 1 aromatic carbocycles. The number of rotatable bonds is 4. The van der Waals surface area contributed by atoms with E-state index < -0.39 is 5.72 Å². The average molecular weight is 379 g/mol. The highest BCUT2D eigenvalue weighted by Gasteiger charge is 2.78. The normalized spacial score (nSPS) is 48.9. The number of hydrogen-bond acceptors (Lipinski definition) is 4. The van der Waals surface area contributed by atoms with Gasteiger partial charge in [-0.15, -0.1) is 0 Å². The van der Waals surface area contributed by atoms with Gasteiger partial charge in [-0.1, -0.05) is 49.8 Å². The van der Waals surface area contributed by atoms with Crippen molar-refractivity contribution in [3.05, 3.63) is 47.5 Å². The third-order valence-corrected chi connectivity index (χ3v) is 8.70. The first-order valence-electron chi connectivity index (χ1n) is 11.1. The molecule has 10 atom stereocenters. The number of aliphatic hydroxyl groups is 1. The zero-order valence-corrected chi connectivity index (χ0v) is 16.5. The van der Waals surface area contributed by atoms with E-state index in [1.54, 1.807) is 0 Å². The van der Waals surface area contributed by atoms with Gasteiger partial charge in [0, 0.05) is 35.5 Å². The van der Waals surface area contributed by atoms with Crippen LogP contribution in [-0.2, 0) is 0 Å². The molecule has 4 bridgehead atoms. The second kappa shape index (κ2) is 6.01. The van der Waals surface area contributed by atoms with E-state index in [1.807, 2.05) is 12.1 Å². The fourth-order valence-corrected chi connectivity index (χ4v) is 7.37. The van der Waals surface area contributed by atoms with Crippen LogP contribution in [-0.4, -0.2) is 46.2 Å². The maximum atomic E-state index is 11.6. The molecule has 2 aliphatic carbocycles. The molecule has 6 aliphatic rings. The number of piperidine rings is 2. The molecule has 0 spiro atoms. The van der Waals surface area contributed by atoms with Crippen molar-refractivity contribution in [1.82, 2.24) is 10.2 Å². The molecule has 7 rings (SSSR count). The van der Waals surface area contributed by atoms with E-state index in [2.05, 4.69) is 41.4 Å². The third-order valence-electron chi connectivity index (χ3n) is 8.70. The molecule has 4 aliphatic heterocycles. The summed E-state index contributed by atoms with van der Waals surface area (Å²) in [5, 5.41) is 15.6. The number of carbonyl (C=O) groups excluding carboxylic acids is 1. The monoisotopic (exact) mass is 378 g/mol. The first kappa shape index (κ1) is 17.4. The van der Waals surface area contributed by atoms with E-state index in [4.69, 9.17) is 0 Å². The molecule has 28 heavy (non-hydrogen) atoms. The Hall–Kier alpha value is -1.49. The van der Waals surface area contributed by atoms with Crippen molar-refractivity contribution in [1.29, 1.82) is 0 Å². The molecule has 3 saturated heterocycles. The molecule has 4 fully saturated rings.